The van der Waals surface area contributed by atoms with Gasteiger partial charge in [-0.3, -0.25) is 9.59 Å². The number of likely N-dealkylation sites (tertiary alicyclic amines) is 1. The lowest BCUT2D eigenvalue weighted by atomic mass is 9.73. The molecule has 28 heavy (non-hydrogen) atoms. The Bertz CT molecular complexity index is 841. The van der Waals surface area contributed by atoms with Crippen LogP contribution in [-0.4, -0.2) is 49.2 Å². The Morgan fingerprint density at radius 2 is 1.71 bits per heavy atom. The largest absolute Gasteiger partial charge is 0.497 e. The number of benzene rings is 2. The second kappa shape index (κ2) is 8.33. The zero-order chi connectivity index (χ0) is 20.1. The number of carboxylic acids is 1. The van der Waals surface area contributed by atoms with Crippen molar-refractivity contribution in [3.05, 3.63) is 59.7 Å². The molecule has 148 valence electrons. The van der Waals surface area contributed by atoms with Crippen LogP contribution >= 0.6 is 0 Å². The molecule has 1 heterocycles. The highest BCUT2D eigenvalue weighted by molar-refractivity contribution is 5.83. The van der Waals surface area contributed by atoms with Gasteiger partial charge in [0.2, 0.25) is 5.91 Å². The van der Waals surface area contributed by atoms with Gasteiger partial charge < -0.3 is 19.5 Å². The van der Waals surface area contributed by atoms with Gasteiger partial charge in [0.25, 0.3) is 0 Å². The van der Waals surface area contributed by atoms with Gasteiger partial charge >= 0.3 is 5.97 Å². The summed E-state index contributed by atoms with van der Waals surface area (Å²) in [5, 5.41) is 9.89. The topological polar surface area (TPSA) is 76.1 Å². The first-order valence-corrected chi connectivity index (χ1v) is 9.28. The van der Waals surface area contributed by atoms with Gasteiger partial charge in [-0.2, -0.15) is 0 Å². The molecule has 1 N–H and O–H groups in total. The fourth-order valence-electron chi connectivity index (χ4n) is 3.82. The molecule has 0 saturated carbocycles. The third-order valence-electron chi connectivity index (χ3n) is 5.53. The van der Waals surface area contributed by atoms with Gasteiger partial charge in [0.1, 0.15) is 11.5 Å². The van der Waals surface area contributed by atoms with Crippen molar-refractivity contribution < 1.29 is 24.2 Å². The van der Waals surface area contributed by atoms with Crippen molar-refractivity contribution in [1.82, 2.24) is 4.90 Å². The second-order valence-electron chi connectivity index (χ2n) is 6.99. The van der Waals surface area contributed by atoms with Gasteiger partial charge in [0, 0.05) is 18.7 Å². The van der Waals surface area contributed by atoms with Crippen LogP contribution in [0, 0.1) is 0 Å². The van der Waals surface area contributed by atoms with Crippen LogP contribution in [0.2, 0.25) is 0 Å². The number of hydrogen-bond acceptors (Lipinski definition) is 4. The van der Waals surface area contributed by atoms with E-state index in [9.17, 15) is 14.7 Å². The van der Waals surface area contributed by atoms with E-state index in [4.69, 9.17) is 9.47 Å². The van der Waals surface area contributed by atoms with Gasteiger partial charge in [-0.25, -0.2) is 0 Å². The van der Waals surface area contributed by atoms with Crippen LogP contribution in [-0.2, 0) is 21.4 Å². The van der Waals surface area contributed by atoms with Crippen LogP contribution < -0.4 is 9.47 Å². The first-order chi connectivity index (χ1) is 13.5. The Morgan fingerprint density at radius 3 is 2.29 bits per heavy atom. The van der Waals surface area contributed by atoms with E-state index in [1.54, 1.807) is 37.3 Å². The standard InChI is InChI=1S/C22H25NO5/c1-27-18-8-9-19(28-2)16(14-18)15-20(24)23-12-10-22(11-13-23,21(25)26)17-6-4-3-5-7-17/h3-9,14H,10-13,15H2,1-2H3,(H,25,26). The van der Waals surface area contributed by atoms with Gasteiger partial charge in [0.05, 0.1) is 26.1 Å². The van der Waals surface area contributed by atoms with E-state index in [0.29, 0.717) is 37.4 Å². The summed E-state index contributed by atoms with van der Waals surface area (Å²) in [5.41, 5.74) is 0.611. The number of carboxylic acid groups (broad SMARTS) is 1. The molecule has 1 saturated heterocycles. The van der Waals surface area contributed by atoms with Crippen LogP contribution in [0.3, 0.4) is 0 Å². The molecule has 0 aliphatic carbocycles. The number of hydrogen-bond donors (Lipinski definition) is 1. The summed E-state index contributed by atoms with van der Waals surface area (Å²) >= 11 is 0. The molecule has 0 unspecified atom stereocenters. The van der Waals surface area contributed by atoms with E-state index in [0.717, 1.165) is 11.1 Å². The molecule has 2 aromatic carbocycles. The average molecular weight is 383 g/mol. The average Bonchev–Trinajstić information content (AvgIpc) is 2.74. The van der Waals surface area contributed by atoms with E-state index in [1.807, 2.05) is 30.3 Å². The highest BCUT2D eigenvalue weighted by Gasteiger charge is 2.43. The normalized spacial score (nSPS) is 15.7. The molecular formula is C22H25NO5. The maximum Gasteiger partial charge on any atom is 0.314 e. The molecule has 0 radical (unpaired) electrons. The quantitative estimate of drug-likeness (QED) is 0.830. The van der Waals surface area contributed by atoms with Crippen LogP contribution in [0.15, 0.2) is 48.5 Å². The fourth-order valence-corrected chi connectivity index (χ4v) is 3.82. The molecule has 6 nitrogen and oxygen atoms in total. The van der Waals surface area contributed by atoms with Crippen molar-refractivity contribution in [2.75, 3.05) is 27.3 Å². The first-order valence-electron chi connectivity index (χ1n) is 9.28. The van der Waals surface area contributed by atoms with Gasteiger partial charge in [-0.05, 0) is 36.6 Å². The van der Waals surface area contributed by atoms with E-state index in [-0.39, 0.29) is 12.3 Å². The van der Waals surface area contributed by atoms with Crippen LogP contribution in [0.4, 0.5) is 0 Å². The molecule has 1 amide bonds. The Hall–Kier alpha value is -3.02. The van der Waals surface area contributed by atoms with Crippen molar-refractivity contribution in [2.45, 2.75) is 24.7 Å². The van der Waals surface area contributed by atoms with Crippen molar-refractivity contribution >= 4 is 11.9 Å². The van der Waals surface area contributed by atoms with Crippen molar-refractivity contribution in [3.8, 4) is 11.5 Å². The highest BCUT2D eigenvalue weighted by Crippen LogP contribution is 2.36. The number of piperidine rings is 1. The van der Waals surface area contributed by atoms with Gasteiger partial charge in [-0.1, -0.05) is 30.3 Å². The number of amides is 1. The molecule has 1 fully saturated rings. The molecule has 0 bridgehead atoms. The molecule has 1 aliphatic rings. The summed E-state index contributed by atoms with van der Waals surface area (Å²) in [6, 6.07) is 14.7. The van der Waals surface area contributed by atoms with Crippen molar-refractivity contribution in [3.63, 3.8) is 0 Å². The summed E-state index contributed by atoms with van der Waals surface area (Å²) in [7, 11) is 3.14. The maximum absolute atomic E-state index is 12.8. The van der Waals surface area contributed by atoms with E-state index in [2.05, 4.69) is 0 Å². The molecule has 0 aromatic heterocycles. The van der Waals surface area contributed by atoms with E-state index in [1.165, 1.54) is 0 Å². The zero-order valence-corrected chi connectivity index (χ0v) is 16.2. The lowest BCUT2D eigenvalue weighted by molar-refractivity contribution is -0.148. The number of carbonyl (C=O) groups excluding carboxylic acids is 1. The molecule has 2 aromatic rings. The monoisotopic (exact) mass is 383 g/mol. The van der Waals surface area contributed by atoms with Crippen molar-refractivity contribution in [1.29, 1.82) is 0 Å². The predicted octanol–water partition coefficient (Wildman–Crippen LogP) is 2.89. The minimum Gasteiger partial charge on any atom is -0.497 e. The lowest BCUT2D eigenvalue weighted by Gasteiger charge is -2.39. The number of carbonyl (C=O) groups is 2. The number of aliphatic carboxylic acids is 1. The van der Waals surface area contributed by atoms with Gasteiger partial charge in [0.15, 0.2) is 0 Å². The summed E-state index contributed by atoms with van der Waals surface area (Å²) in [4.78, 5) is 26.6. The van der Waals surface area contributed by atoms with Crippen LogP contribution in [0.25, 0.3) is 0 Å². The number of ether oxygens (including phenoxy) is 2. The fraction of sp³-hybridized carbons (Fsp3) is 0.364. The van der Waals surface area contributed by atoms with E-state index < -0.39 is 11.4 Å². The number of methoxy groups -OCH3 is 2. The second-order valence-corrected chi connectivity index (χ2v) is 6.99. The Morgan fingerprint density at radius 1 is 1.04 bits per heavy atom. The number of rotatable bonds is 6. The van der Waals surface area contributed by atoms with Crippen molar-refractivity contribution in [2.24, 2.45) is 0 Å². The van der Waals surface area contributed by atoms with Crippen LogP contribution in [0.1, 0.15) is 24.0 Å². The Kier molecular flexibility index (Phi) is 5.87. The molecule has 0 atom stereocenters. The molecule has 6 heteroatoms. The van der Waals surface area contributed by atoms with E-state index >= 15 is 0 Å². The maximum atomic E-state index is 12.8. The number of nitrogens with zero attached hydrogens (tertiary/aromatic N) is 1. The summed E-state index contributed by atoms with van der Waals surface area (Å²) in [6.45, 7) is 0.818. The minimum absolute atomic E-state index is 0.0430. The third kappa shape index (κ3) is 3.81. The summed E-state index contributed by atoms with van der Waals surface area (Å²) in [5.74, 6) is 0.422. The predicted molar refractivity (Wildman–Crippen MR) is 105 cm³/mol. The Labute approximate surface area is 164 Å². The summed E-state index contributed by atoms with van der Waals surface area (Å²) < 4.78 is 10.6. The lowest BCUT2D eigenvalue weighted by Crippen LogP contribution is -2.49. The van der Waals surface area contributed by atoms with Gasteiger partial charge in [-0.15, -0.1) is 0 Å². The smallest absolute Gasteiger partial charge is 0.314 e. The molecule has 0 spiro atoms. The summed E-state index contributed by atoms with van der Waals surface area (Å²) in [6.07, 6.45) is 0.979. The highest BCUT2D eigenvalue weighted by atomic mass is 16.5. The SMILES string of the molecule is COc1ccc(OC)c(CC(=O)N2CCC(C(=O)O)(c3ccccc3)CC2)c1. The molecule has 3 rings (SSSR count). The molecular weight excluding hydrogens is 358 g/mol. The molecule has 1 aliphatic heterocycles. The Balaban J connectivity index is 1.73. The van der Waals surface area contributed by atoms with Crippen LogP contribution in [0.5, 0.6) is 11.5 Å². The third-order valence-corrected chi connectivity index (χ3v) is 5.53. The first kappa shape index (κ1) is 19.7. The minimum atomic E-state index is -0.939. The zero-order valence-electron chi connectivity index (χ0n) is 16.2.